The minimum Gasteiger partial charge on any atom is -0.481 e. The second-order valence-corrected chi connectivity index (χ2v) is 5.65. The first-order valence-corrected chi connectivity index (χ1v) is 8.14. The highest BCUT2D eigenvalue weighted by atomic mass is 16.6. The summed E-state index contributed by atoms with van der Waals surface area (Å²) in [6.07, 6.45) is -1.04. The third-order valence-electron chi connectivity index (χ3n) is 3.59. The van der Waals surface area contributed by atoms with Crippen LogP contribution in [0.4, 0.5) is 5.69 Å². The Balaban J connectivity index is 1.85. The van der Waals surface area contributed by atoms with E-state index in [9.17, 15) is 14.4 Å². The maximum absolute atomic E-state index is 12.1. The zero-order chi connectivity index (χ0) is 19.8. The van der Waals surface area contributed by atoms with Gasteiger partial charge in [0.1, 0.15) is 11.8 Å². The first-order valence-electron chi connectivity index (χ1n) is 8.14. The van der Waals surface area contributed by atoms with Crippen molar-refractivity contribution in [1.82, 2.24) is 0 Å². The van der Waals surface area contributed by atoms with Gasteiger partial charge < -0.3 is 14.8 Å². The van der Waals surface area contributed by atoms with Crippen LogP contribution in [0.25, 0.3) is 0 Å². The van der Waals surface area contributed by atoms with Crippen LogP contribution in [0.15, 0.2) is 48.5 Å². The smallest absolute Gasteiger partial charge is 0.344 e. The van der Waals surface area contributed by atoms with Gasteiger partial charge in [-0.3, -0.25) is 9.59 Å². The molecule has 7 nitrogen and oxygen atoms in total. The van der Waals surface area contributed by atoms with Gasteiger partial charge in [-0.1, -0.05) is 12.1 Å². The minimum absolute atomic E-state index is 0.0758. The Kier molecular flexibility index (Phi) is 6.67. The van der Waals surface area contributed by atoms with Gasteiger partial charge in [-0.2, -0.15) is 5.26 Å². The number of esters is 1. The van der Waals surface area contributed by atoms with Crippen LogP contribution in [0, 0.1) is 11.3 Å². The molecule has 0 spiro atoms. The fourth-order valence-electron chi connectivity index (χ4n) is 2.14. The van der Waals surface area contributed by atoms with Crippen LogP contribution in [0.5, 0.6) is 5.75 Å². The number of benzene rings is 2. The molecule has 138 valence electrons. The second-order valence-electron chi connectivity index (χ2n) is 5.65. The van der Waals surface area contributed by atoms with Gasteiger partial charge in [0, 0.05) is 11.3 Å². The van der Waals surface area contributed by atoms with Crippen LogP contribution in [0.2, 0.25) is 0 Å². The third kappa shape index (κ3) is 5.68. The highest BCUT2D eigenvalue weighted by Crippen LogP contribution is 2.16. The fraction of sp³-hybridized carbons (Fsp3) is 0.200. The molecule has 27 heavy (non-hydrogen) atoms. The number of rotatable bonds is 7. The molecule has 0 bridgehead atoms. The normalized spacial score (nSPS) is 11.0. The largest absolute Gasteiger partial charge is 0.481 e. The topological polar surface area (TPSA) is 105 Å². The Morgan fingerprint density at radius 3 is 2.41 bits per heavy atom. The van der Waals surface area contributed by atoms with E-state index in [1.807, 2.05) is 6.07 Å². The molecule has 0 heterocycles. The first kappa shape index (κ1) is 19.7. The van der Waals surface area contributed by atoms with E-state index in [-0.39, 0.29) is 11.5 Å². The summed E-state index contributed by atoms with van der Waals surface area (Å²) in [5, 5.41) is 11.6. The lowest BCUT2D eigenvalue weighted by atomic mass is 10.1. The van der Waals surface area contributed by atoms with Crippen LogP contribution in [0.1, 0.15) is 29.8 Å². The number of anilines is 1. The summed E-state index contributed by atoms with van der Waals surface area (Å²) in [6.45, 7) is 2.45. The van der Waals surface area contributed by atoms with Gasteiger partial charge in [-0.15, -0.1) is 0 Å². The van der Waals surface area contributed by atoms with E-state index >= 15 is 0 Å². The number of Topliss-reactive ketones (excluding diaryl/α,β-unsaturated/α-hetero) is 1. The van der Waals surface area contributed by atoms with Crippen LogP contribution in [-0.4, -0.2) is 30.4 Å². The molecule has 0 aromatic heterocycles. The number of nitrogens with zero attached hydrogens (tertiary/aromatic N) is 1. The molecule has 2 aromatic rings. The molecule has 0 saturated carbocycles. The van der Waals surface area contributed by atoms with Gasteiger partial charge in [0.25, 0.3) is 5.91 Å². The molecule has 0 unspecified atom stereocenters. The number of nitrogens with one attached hydrogen (secondary N) is 1. The summed E-state index contributed by atoms with van der Waals surface area (Å²) in [7, 11) is 0. The van der Waals surface area contributed by atoms with Gasteiger partial charge in [-0.05, 0) is 50.2 Å². The Morgan fingerprint density at radius 2 is 1.78 bits per heavy atom. The van der Waals surface area contributed by atoms with Crippen LogP contribution in [-0.2, 0) is 14.3 Å². The number of hydrogen-bond donors (Lipinski definition) is 1. The predicted octanol–water partition coefficient (Wildman–Crippen LogP) is 2.71. The molecule has 7 heteroatoms. The summed E-state index contributed by atoms with van der Waals surface area (Å²) < 4.78 is 10.3. The molecule has 0 aliphatic rings. The van der Waals surface area contributed by atoms with Crippen molar-refractivity contribution in [1.29, 1.82) is 5.26 Å². The van der Waals surface area contributed by atoms with Gasteiger partial charge in [-0.25, -0.2) is 4.79 Å². The van der Waals surface area contributed by atoms with Crippen molar-refractivity contribution in [3.63, 3.8) is 0 Å². The molecule has 0 saturated heterocycles. The lowest BCUT2D eigenvalue weighted by Gasteiger charge is -2.14. The van der Waals surface area contributed by atoms with Crippen molar-refractivity contribution in [2.45, 2.75) is 20.0 Å². The summed E-state index contributed by atoms with van der Waals surface area (Å²) in [5.74, 6) is -1.07. The average Bonchev–Trinajstić information content (AvgIpc) is 2.66. The van der Waals surface area contributed by atoms with E-state index in [2.05, 4.69) is 5.32 Å². The van der Waals surface area contributed by atoms with E-state index < -0.39 is 24.6 Å². The number of ketones is 1. The van der Waals surface area contributed by atoms with Crippen molar-refractivity contribution in [2.75, 3.05) is 11.9 Å². The zero-order valence-electron chi connectivity index (χ0n) is 14.9. The maximum Gasteiger partial charge on any atom is 0.344 e. The fourth-order valence-corrected chi connectivity index (χ4v) is 2.14. The molecule has 0 radical (unpaired) electrons. The molecule has 1 atom stereocenters. The first-order chi connectivity index (χ1) is 12.9. The Bertz CT molecular complexity index is 884. The number of hydrogen-bond acceptors (Lipinski definition) is 6. The van der Waals surface area contributed by atoms with E-state index in [1.165, 1.54) is 13.8 Å². The van der Waals surface area contributed by atoms with E-state index in [0.717, 1.165) is 0 Å². The maximum atomic E-state index is 12.1. The van der Waals surface area contributed by atoms with Crippen LogP contribution >= 0.6 is 0 Å². The van der Waals surface area contributed by atoms with Gasteiger partial charge in [0.05, 0.1) is 5.56 Å². The number of para-hydroxylation sites is 1. The third-order valence-corrected chi connectivity index (χ3v) is 3.59. The summed E-state index contributed by atoms with van der Waals surface area (Å²) in [4.78, 5) is 35.2. The average molecular weight is 366 g/mol. The Hall–Kier alpha value is -3.66. The summed E-state index contributed by atoms with van der Waals surface area (Å²) >= 11 is 0. The predicted molar refractivity (Wildman–Crippen MR) is 97.3 cm³/mol. The SMILES string of the molecule is CC(=O)c1ccc(NC(=O)[C@H](C)OC(=O)COc2ccccc2C#N)cc1. The zero-order valence-corrected chi connectivity index (χ0v) is 14.9. The lowest BCUT2D eigenvalue weighted by Crippen LogP contribution is -2.31. The monoisotopic (exact) mass is 366 g/mol. The molecule has 0 aliphatic heterocycles. The number of ether oxygens (including phenoxy) is 2. The number of amides is 1. The van der Waals surface area contributed by atoms with Gasteiger partial charge in [0.2, 0.25) is 0 Å². The van der Waals surface area contributed by atoms with Crippen LogP contribution < -0.4 is 10.1 Å². The van der Waals surface area contributed by atoms with Crippen LogP contribution in [0.3, 0.4) is 0 Å². The summed E-state index contributed by atoms with van der Waals surface area (Å²) in [5.41, 5.74) is 1.31. The number of carbonyl (C=O) groups excluding carboxylic acids is 3. The van der Waals surface area contributed by atoms with E-state index in [1.54, 1.807) is 48.5 Å². The van der Waals surface area contributed by atoms with E-state index in [4.69, 9.17) is 14.7 Å². The van der Waals surface area contributed by atoms with Gasteiger partial charge >= 0.3 is 5.97 Å². The number of nitriles is 1. The standard InChI is InChI=1S/C20H18N2O5/c1-13(23)15-7-9-17(10-8-15)22-20(25)14(2)27-19(24)12-26-18-6-4-3-5-16(18)11-21/h3-10,14H,12H2,1-2H3,(H,22,25)/t14-/m0/s1. The van der Waals surface area contributed by atoms with Crippen molar-refractivity contribution >= 4 is 23.3 Å². The van der Waals surface area contributed by atoms with Gasteiger partial charge in [0.15, 0.2) is 18.5 Å². The Labute approximate surface area is 156 Å². The van der Waals surface area contributed by atoms with E-state index in [0.29, 0.717) is 16.8 Å². The lowest BCUT2D eigenvalue weighted by molar-refractivity contribution is -0.155. The molecule has 1 amide bonds. The van der Waals surface area contributed by atoms with Crippen molar-refractivity contribution in [2.24, 2.45) is 0 Å². The molecule has 0 aliphatic carbocycles. The highest BCUT2D eigenvalue weighted by molar-refractivity contribution is 5.97. The molecule has 1 N–H and O–H groups in total. The molecule has 0 fully saturated rings. The molecular weight excluding hydrogens is 348 g/mol. The highest BCUT2D eigenvalue weighted by Gasteiger charge is 2.18. The summed E-state index contributed by atoms with van der Waals surface area (Å²) in [6, 6.07) is 14.8. The molecule has 2 rings (SSSR count). The quantitative estimate of drug-likeness (QED) is 0.597. The number of carbonyl (C=O) groups is 3. The van der Waals surface area contributed by atoms with Crippen molar-refractivity contribution in [3.8, 4) is 11.8 Å². The second kappa shape index (κ2) is 9.15. The molecular formula is C20H18N2O5. The Morgan fingerprint density at radius 1 is 1.11 bits per heavy atom. The van der Waals surface area contributed by atoms with Crippen molar-refractivity contribution in [3.05, 3.63) is 59.7 Å². The van der Waals surface area contributed by atoms with Crippen molar-refractivity contribution < 1.29 is 23.9 Å². The molecule has 2 aromatic carbocycles. The minimum atomic E-state index is -1.04.